The number of sulfone groups is 1. The quantitative estimate of drug-likeness (QED) is 0.569. The van der Waals surface area contributed by atoms with E-state index >= 15 is 0 Å². The first kappa shape index (κ1) is 21.1. The zero-order chi connectivity index (χ0) is 21.3. The molecule has 1 amide bonds. The van der Waals surface area contributed by atoms with Crippen LogP contribution in [0.1, 0.15) is 30.0 Å². The first-order valence-corrected chi connectivity index (χ1v) is 11.2. The average Bonchev–Trinajstić information content (AvgIpc) is 2.96. The van der Waals surface area contributed by atoms with Crippen LogP contribution in [-0.2, 0) is 21.1 Å². The minimum atomic E-state index is -3.09. The zero-order valence-electron chi connectivity index (χ0n) is 16.8. The van der Waals surface area contributed by atoms with Gasteiger partial charge in [-0.1, -0.05) is 6.58 Å². The molecular formula is C21H25NO6S. The van der Waals surface area contributed by atoms with Gasteiger partial charge in [-0.2, -0.15) is 0 Å². The molecule has 0 aliphatic carbocycles. The van der Waals surface area contributed by atoms with Crippen LogP contribution >= 0.6 is 0 Å². The molecule has 1 aromatic heterocycles. The van der Waals surface area contributed by atoms with Crippen LogP contribution in [-0.4, -0.2) is 38.5 Å². The summed E-state index contributed by atoms with van der Waals surface area (Å²) in [6.45, 7) is 9.61. The Morgan fingerprint density at radius 2 is 2.03 bits per heavy atom. The predicted molar refractivity (Wildman–Crippen MR) is 111 cm³/mol. The fourth-order valence-electron chi connectivity index (χ4n) is 3.48. The molecule has 1 N–H and O–H groups in total. The molecule has 0 unspecified atom stereocenters. The fourth-order valence-corrected chi connectivity index (χ4v) is 5.15. The van der Waals surface area contributed by atoms with Crippen molar-refractivity contribution in [3.05, 3.63) is 51.4 Å². The van der Waals surface area contributed by atoms with Crippen LogP contribution in [0.15, 0.2) is 33.5 Å². The lowest BCUT2D eigenvalue weighted by Crippen LogP contribution is -2.37. The number of carbonyl (C=O) groups excluding carboxylic acids is 1. The summed E-state index contributed by atoms with van der Waals surface area (Å²) in [5.41, 5.74) is 2.36. The summed E-state index contributed by atoms with van der Waals surface area (Å²) in [5, 5.41) is 3.44. The third kappa shape index (κ3) is 4.70. The third-order valence-corrected chi connectivity index (χ3v) is 6.83. The molecule has 1 aromatic carbocycles. The largest absolute Gasteiger partial charge is 0.489 e. The van der Waals surface area contributed by atoms with E-state index in [1.165, 1.54) is 0 Å². The molecule has 29 heavy (non-hydrogen) atoms. The van der Waals surface area contributed by atoms with Crippen LogP contribution in [0.25, 0.3) is 11.0 Å². The molecule has 1 atom stereocenters. The van der Waals surface area contributed by atoms with Crippen molar-refractivity contribution >= 4 is 26.7 Å². The summed E-state index contributed by atoms with van der Waals surface area (Å²) < 4.78 is 34.3. The maximum Gasteiger partial charge on any atom is 0.340 e. The van der Waals surface area contributed by atoms with E-state index in [0.717, 1.165) is 11.0 Å². The first-order valence-electron chi connectivity index (χ1n) is 9.40. The van der Waals surface area contributed by atoms with Crippen LogP contribution in [0.4, 0.5) is 0 Å². The number of amides is 1. The smallest absolute Gasteiger partial charge is 0.340 e. The van der Waals surface area contributed by atoms with Crippen molar-refractivity contribution in [1.82, 2.24) is 5.32 Å². The summed E-state index contributed by atoms with van der Waals surface area (Å²) in [4.78, 5) is 24.9. The summed E-state index contributed by atoms with van der Waals surface area (Å²) >= 11 is 0. The van der Waals surface area contributed by atoms with Gasteiger partial charge in [0.25, 0.3) is 0 Å². The lowest BCUT2D eigenvalue weighted by Gasteiger charge is -2.14. The molecule has 8 heteroatoms. The first-order chi connectivity index (χ1) is 13.6. The molecule has 0 saturated carbocycles. The van der Waals surface area contributed by atoms with Crippen molar-refractivity contribution in [3.8, 4) is 5.75 Å². The second-order valence-corrected chi connectivity index (χ2v) is 9.88. The number of nitrogens with one attached hydrogen (secondary N) is 1. The Hall–Kier alpha value is -2.61. The van der Waals surface area contributed by atoms with Crippen LogP contribution in [0, 0.1) is 13.8 Å². The normalized spacial score (nSPS) is 18.0. The topological polar surface area (TPSA) is 103 Å². The van der Waals surface area contributed by atoms with Crippen molar-refractivity contribution < 1.29 is 22.4 Å². The molecule has 1 saturated heterocycles. The van der Waals surface area contributed by atoms with E-state index in [-0.39, 0.29) is 29.4 Å². The number of carbonyl (C=O) groups is 1. The maximum atomic E-state index is 12.6. The second-order valence-electron chi connectivity index (χ2n) is 7.65. The highest BCUT2D eigenvalue weighted by atomic mass is 32.2. The van der Waals surface area contributed by atoms with E-state index in [4.69, 9.17) is 9.15 Å². The van der Waals surface area contributed by atoms with Crippen molar-refractivity contribution in [2.75, 3.05) is 18.1 Å². The van der Waals surface area contributed by atoms with E-state index in [0.29, 0.717) is 35.5 Å². The van der Waals surface area contributed by atoms with Gasteiger partial charge in [0.15, 0.2) is 9.84 Å². The lowest BCUT2D eigenvalue weighted by atomic mass is 10.0. The predicted octanol–water partition coefficient (Wildman–Crippen LogP) is 2.21. The van der Waals surface area contributed by atoms with Gasteiger partial charge in [-0.25, -0.2) is 13.2 Å². The minimum absolute atomic E-state index is 0.0593. The lowest BCUT2D eigenvalue weighted by molar-refractivity contribution is -0.121. The molecule has 0 spiro atoms. The Morgan fingerprint density at radius 3 is 2.66 bits per heavy atom. The Kier molecular flexibility index (Phi) is 5.84. The molecule has 7 nitrogen and oxygen atoms in total. The van der Waals surface area contributed by atoms with Gasteiger partial charge >= 0.3 is 5.63 Å². The Labute approximate surface area is 169 Å². The summed E-state index contributed by atoms with van der Waals surface area (Å²) in [5.74, 6) is 0.233. The van der Waals surface area contributed by atoms with E-state index in [1.807, 2.05) is 13.8 Å². The Morgan fingerprint density at radius 1 is 1.31 bits per heavy atom. The van der Waals surface area contributed by atoms with Gasteiger partial charge in [-0.3, -0.25) is 4.79 Å². The van der Waals surface area contributed by atoms with Crippen molar-refractivity contribution in [1.29, 1.82) is 0 Å². The summed E-state index contributed by atoms with van der Waals surface area (Å²) in [6.07, 6.45) is 0.235. The van der Waals surface area contributed by atoms with E-state index < -0.39 is 21.5 Å². The van der Waals surface area contributed by atoms with Gasteiger partial charge in [0.05, 0.1) is 23.5 Å². The van der Waals surface area contributed by atoms with E-state index in [1.54, 1.807) is 19.1 Å². The highest BCUT2D eigenvalue weighted by molar-refractivity contribution is 7.91. The summed E-state index contributed by atoms with van der Waals surface area (Å²) in [6, 6.07) is 3.20. The number of hydrogen-bond donors (Lipinski definition) is 1. The van der Waals surface area contributed by atoms with Crippen LogP contribution < -0.4 is 15.7 Å². The molecule has 3 rings (SSSR count). The van der Waals surface area contributed by atoms with E-state index in [2.05, 4.69) is 11.9 Å². The molecule has 1 fully saturated rings. The minimum Gasteiger partial charge on any atom is -0.489 e. The van der Waals surface area contributed by atoms with Crippen LogP contribution in [0.5, 0.6) is 5.75 Å². The number of hydrogen-bond acceptors (Lipinski definition) is 6. The number of fused-ring (bicyclic) bond motifs is 1. The van der Waals surface area contributed by atoms with Gasteiger partial charge in [0.2, 0.25) is 5.91 Å². The second kappa shape index (κ2) is 8.02. The molecule has 2 aromatic rings. The molecular weight excluding hydrogens is 394 g/mol. The fraction of sp³-hybridized carbons (Fsp3) is 0.429. The summed E-state index contributed by atoms with van der Waals surface area (Å²) in [7, 11) is -3.09. The standard InChI is InChI=1S/C21H25NO6S/c1-12(2)10-27-18-6-5-16-13(3)17(21(24)28-20(16)14(18)4)9-19(23)22-15-7-8-29(25,26)11-15/h5-6,15H,1,7-11H2,2-4H3,(H,22,23)/t15-/m0/s1. The van der Waals surface area contributed by atoms with Crippen molar-refractivity contribution in [2.45, 2.75) is 39.7 Å². The highest BCUT2D eigenvalue weighted by Gasteiger charge is 2.29. The number of ether oxygens (including phenoxy) is 1. The van der Waals surface area contributed by atoms with Gasteiger partial charge in [-0.15, -0.1) is 0 Å². The monoisotopic (exact) mass is 419 g/mol. The van der Waals surface area contributed by atoms with Gasteiger partial charge in [0, 0.05) is 17.0 Å². The highest BCUT2D eigenvalue weighted by Crippen LogP contribution is 2.29. The van der Waals surface area contributed by atoms with Gasteiger partial charge in [-0.05, 0) is 50.5 Å². The molecule has 0 bridgehead atoms. The average molecular weight is 419 g/mol. The molecule has 0 radical (unpaired) electrons. The van der Waals surface area contributed by atoms with Gasteiger partial charge in [0.1, 0.15) is 17.9 Å². The van der Waals surface area contributed by atoms with Crippen LogP contribution in [0.3, 0.4) is 0 Å². The third-order valence-electron chi connectivity index (χ3n) is 5.06. The molecule has 2 heterocycles. The molecule has 156 valence electrons. The van der Waals surface area contributed by atoms with E-state index in [9.17, 15) is 18.0 Å². The number of aryl methyl sites for hydroxylation is 2. The SMILES string of the molecule is C=C(C)COc1ccc2c(C)c(CC(=O)N[C@H]3CCS(=O)(=O)C3)c(=O)oc2c1C. The van der Waals surface area contributed by atoms with Crippen molar-refractivity contribution in [3.63, 3.8) is 0 Å². The van der Waals surface area contributed by atoms with Gasteiger partial charge < -0.3 is 14.5 Å². The molecule has 1 aliphatic rings. The maximum absolute atomic E-state index is 12.6. The number of benzene rings is 1. The zero-order valence-corrected chi connectivity index (χ0v) is 17.6. The molecule has 1 aliphatic heterocycles. The van der Waals surface area contributed by atoms with Crippen molar-refractivity contribution in [2.24, 2.45) is 0 Å². The number of rotatable bonds is 6. The Bertz CT molecular complexity index is 1150. The Balaban J connectivity index is 1.86. The van der Waals surface area contributed by atoms with Crippen LogP contribution in [0.2, 0.25) is 0 Å².